The zero-order valence-electron chi connectivity index (χ0n) is 9.95. The summed E-state index contributed by atoms with van der Waals surface area (Å²) in [6, 6.07) is 7.46. The predicted octanol–water partition coefficient (Wildman–Crippen LogP) is 1.96. The molecule has 0 radical (unpaired) electrons. The van der Waals surface area contributed by atoms with E-state index in [9.17, 15) is 14.6 Å². The Morgan fingerprint density at radius 3 is 2.95 bits per heavy atom. The van der Waals surface area contributed by atoms with Crippen LogP contribution in [0.25, 0.3) is 0 Å². The molecule has 5 heteroatoms. The molecule has 0 aliphatic carbocycles. The normalized spacial score (nSPS) is 21.6. The summed E-state index contributed by atoms with van der Waals surface area (Å²) in [4.78, 5) is 4.13. The highest BCUT2D eigenvalue weighted by Gasteiger charge is 2.30. The van der Waals surface area contributed by atoms with Gasteiger partial charge in [-0.3, -0.25) is 4.98 Å². The van der Waals surface area contributed by atoms with Crippen LogP contribution in [-0.2, 0) is 6.42 Å². The Labute approximate surface area is 109 Å². The number of aliphatic hydroxyl groups is 1. The first-order valence-corrected chi connectivity index (χ1v) is 5.92. The number of rotatable bonds is 1. The Morgan fingerprint density at radius 1 is 1.32 bits per heavy atom. The number of ether oxygens (including phenoxy) is 1. The van der Waals surface area contributed by atoms with E-state index < -0.39 is 23.8 Å². The molecule has 2 N–H and O–H groups in total. The fourth-order valence-electron chi connectivity index (χ4n) is 2.19. The molecular weight excluding hydrogens is 249 g/mol. The molecule has 0 saturated heterocycles. The van der Waals surface area contributed by atoms with Crippen molar-refractivity contribution in [2.24, 2.45) is 0 Å². The molecule has 98 valence electrons. The number of aliphatic hydroxyl groups excluding tert-OH is 1. The minimum absolute atomic E-state index is 0.351. The lowest BCUT2D eigenvalue weighted by Gasteiger charge is -2.30. The number of hydrogen-bond acceptors (Lipinski definition) is 4. The van der Waals surface area contributed by atoms with Gasteiger partial charge in [-0.15, -0.1) is 0 Å². The number of nitrogens with zero attached hydrogens (tertiary/aromatic N) is 1. The molecule has 19 heavy (non-hydrogen) atoms. The molecule has 1 aromatic heterocycles. The van der Waals surface area contributed by atoms with Gasteiger partial charge in [-0.2, -0.15) is 0 Å². The van der Waals surface area contributed by atoms with Gasteiger partial charge in [0.05, 0.1) is 5.69 Å². The number of hydrogen-bond donors (Lipinski definition) is 2. The van der Waals surface area contributed by atoms with Gasteiger partial charge < -0.3 is 14.9 Å². The molecule has 1 aliphatic heterocycles. The molecule has 0 fully saturated rings. The summed E-state index contributed by atoms with van der Waals surface area (Å²) in [7, 11) is 0. The van der Waals surface area contributed by atoms with Crippen molar-refractivity contribution in [3.05, 3.63) is 53.6 Å². The number of benzene rings is 1. The first-order valence-electron chi connectivity index (χ1n) is 5.92. The number of aromatic nitrogens is 1. The second-order valence-corrected chi connectivity index (χ2v) is 4.47. The van der Waals surface area contributed by atoms with Crippen molar-refractivity contribution in [1.82, 2.24) is 4.98 Å². The second-order valence-electron chi connectivity index (χ2n) is 4.47. The van der Waals surface area contributed by atoms with Crippen molar-refractivity contribution in [3.63, 3.8) is 0 Å². The fraction of sp³-hybridized carbons (Fsp3) is 0.214. The Bertz CT molecular complexity index is 617. The highest BCUT2D eigenvalue weighted by Crippen LogP contribution is 2.34. The number of halogens is 1. The van der Waals surface area contributed by atoms with E-state index in [-0.39, 0.29) is 0 Å². The average molecular weight is 261 g/mol. The van der Waals surface area contributed by atoms with Crippen LogP contribution in [-0.4, -0.2) is 21.3 Å². The standard InChI is InChI=1S/C14H12FNO3/c15-9-6-8(3-4-11(9)17)14-12(18)7-10-13(19-14)2-1-5-16-10/h1-6,12,14,17-18H,7H2/t12-,14-/m1/s1. The lowest BCUT2D eigenvalue weighted by molar-refractivity contribution is 0.0191. The van der Waals surface area contributed by atoms with E-state index in [1.807, 2.05) is 0 Å². The van der Waals surface area contributed by atoms with Gasteiger partial charge in [0.25, 0.3) is 0 Å². The molecule has 2 atom stereocenters. The van der Waals surface area contributed by atoms with E-state index in [0.717, 1.165) is 0 Å². The van der Waals surface area contributed by atoms with Gasteiger partial charge >= 0.3 is 0 Å². The van der Waals surface area contributed by atoms with Crippen LogP contribution < -0.4 is 4.74 Å². The van der Waals surface area contributed by atoms with E-state index in [1.165, 1.54) is 18.2 Å². The van der Waals surface area contributed by atoms with Crippen LogP contribution in [0.1, 0.15) is 17.4 Å². The molecule has 1 aromatic carbocycles. The van der Waals surface area contributed by atoms with E-state index in [2.05, 4.69) is 4.98 Å². The minimum Gasteiger partial charge on any atom is -0.505 e. The molecule has 0 saturated carbocycles. The van der Waals surface area contributed by atoms with E-state index >= 15 is 0 Å². The maximum atomic E-state index is 13.4. The largest absolute Gasteiger partial charge is 0.505 e. The Kier molecular flexibility index (Phi) is 2.83. The first-order chi connectivity index (χ1) is 9.15. The Hall–Kier alpha value is -2.14. The molecule has 3 rings (SSSR count). The summed E-state index contributed by atoms with van der Waals surface area (Å²) in [5, 5.41) is 19.3. The van der Waals surface area contributed by atoms with Crippen molar-refractivity contribution >= 4 is 0 Å². The zero-order chi connectivity index (χ0) is 13.4. The molecule has 2 aromatic rings. The molecule has 2 heterocycles. The zero-order valence-corrected chi connectivity index (χ0v) is 9.95. The van der Waals surface area contributed by atoms with Crippen LogP contribution in [0.15, 0.2) is 36.5 Å². The van der Waals surface area contributed by atoms with Crippen molar-refractivity contribution in [2.75, 3.05) is 0 Å². The average Bonchev–Trinajstić information content (AvgIpc) is 2.41. The van der Waals surface area contributed by atoms with Crippen LogP contribution in [0.4, 0.5) is 4.39 Å². The van der Waals surface area contributed by atoms with Crippen molar-refractivity contribution < 1.29 is 19.3 Å². The molecule has 1 aliphatic rings. The number of pyridine rings is 1. The van der Waals surface area contributed by atoms with E-state index in [4.69, 9.17) is 4.74 Å². The van der Waals surface area contributed by atoms with Crippen LogP contribution in [0.5, 0.6) is 11.5 Å². The van der Waals surface area contributed by atoms with Crippen LogP contribution in [0, 0.1) is 5.82 Å². The summed E-state index contributed by atoms with van der Waals surface area (Å²) < 4.78 is 19.0. The molecule has 0 spiro atoms. The maximum Gasteiger partial charge on any atom is 0.165 e. The van der Waals surface area contributed by atoms with E-state index in [1.54, 1.807) is 18.3 Å². The third-order valence-corrected chi connectivity index (χ3v) is 3.15. The molecule has 0 amide bonds. The number of phenols is 1. The SMILES string of the molecule is Oc1ccc([C@H]2Oc3cccnc3C[C@H]2O)cc1F. The first kappa shape index (κ1) is 11.9. The number of fused-ring (bicyclic) bond motifs is 1. The van der Waals surface area contributed by atoms with Gasteiger partial charge in [0.1, 0.15) is 11.9 Å². The van der Waals surface area contributed by atoms with Gasteiger partial charge in [0.15, 0.2) is 17.7 Å². The number of phenolic OH excluding ortho intramolecular Hbond substituents is 1. The predicted molar refractivity (Wildman–Crippen MR) is 65.4 cm³/mol. The highest BCUT2D eigenvalue weighted by atomic mass is 19.1. The summed E-state index contributed by atoms with van der Waals surface area (Å²) in [6.45, 7) is 0. The van der Waals surface area contributed by atoms with Crippen molar-refractivity contribution in [2.45, 2.75) is 18.6 Å². The molecule has 4 nitrogen and oxygen atoms in total. The molecular formula is C14H12FNO3. The quantitative estimate of drug-likeness (QED) is 0.823. The second kappa shape index (κ2) is 4.51. The topological polar surface area (TPSA) is 62.6 Å². The smallest absolute Gasteiger partial charge is 0.165 e. The Morgan fingerprint density at radius 2 is 2.16 bits per heavy atom. The third-order valence-electron chi connectivity index (χ3n) is 3.15. The van der Waals surface area contributed by atoms with Gasteiger partial charge in [-0.05, 0) is 29.8 Å². The lowest BCUT2D eigenvalue weighted by Crippen LogP contribution is -2.30. The van der Waals surface area contributed by atoms with Gasteiger partial charge in [-0.1, -0.05) is 6.07 Å². The van der Waals surface area contributed by atoms with Gasteiger partial charge in [0, 0.05) is 12.6 Å². The monoisotopic (exact) mass is 261 g/mol. The summed E-state index contributed by atoms with van der Waals surface area (Å²) >= 11 is 0. The highest BCUT2D eigenvalue weighted by molar-refractivity contribution is 5.35. The van der Waals surface area contributed by atoms with Crippen LogP contribution in [0.3, 0.4) is 0 Å². The van der Waals surface area contributed by atoms with Crippen LogP contribution in [0.2, 0.25) is 0 Å². The fourth-order valence-corrected chi connectivity index (χ4v) is 2.19. The minimum atomic E-state index is -0.800. The Balaban J connectivity index is 1.96. The summed E-state index contributed by atoms with van der Waals surface area (Å²) in [5.41, 5.74) is 1.17. The van der Waals surface area contributed by atoms with Gasteiger partial charge in [-0.25, -0.2) is 4.39 Å². The summed E-state index contributed by atoms with van der Waals surface area (Å²) in [5.74, 6) is -0.562. The third kappa shape index (κ3) is 2.13. The number of aromatic hydroxyl groups is 1. The van der Waals surface area contributed by atoms with Crippen LogP contribution >= 0.6 is 0 Å². The maximum absolute atomic E-state index is 13.4. The van der Waals surface area contributed by atoms with Gasteiger partial charge in [0.2, 0.25) is 0 Å². The van der Waals surface area contributed by atoms with Crippen molar-refractivity contribution in [3.8, 4) is 11.5 Å². The molecule has 0 bridgehead atoms. The summed E-state index contributed by atoms with van der Waals surface area (Å²) in [6.07, 6.45) is 0.525. The molecule has 0 unspecified atom stereocenters. The van der Waals surface area contributed by atoms with Crippen molar-refractivity contribution in [1.29, 1.82) is 0 Å². The van der Waals surface area contributed by atoms with E-state index in [0.29, 0.717) is 23.4 Å². The lowest BCUT2D eigenvalue weighted by atomic mass is 9.97.